The maximum absolute atomic E-state index is 12.3. The lowest BCUT2D eigenvalue weighted by Gasteiger charge is -2.03. The molecule has 24 heavy (non-hydrogen) atoms. The molecular weight excluding hydrogens is 349 g/mol. The number of quaternary nitrogens is 2. The van der Waals surface area contributed by atoms with Crippen LogP contribution in [0.3, 0.4) is 0 Å². The first-order valence-electron chi connectivity index (χ1n) is 7.90. The molecule has 0 fully saturated rings. The van der Waals surface area contributed by atoms with Gasteiger partial charge in [0.15, 0.2) is 0 Å². The fraction of sp³-hybridized carbons (Fsp3) is 0.400. The van der Waals surface area contributed by atoms with Crippen LogP contribution >= 0.6 is 18.2 Å². The van der Waals surface area contributed by atoms with Gasteiger partial charge in [0, 0.05) is 29.1 Å². The van der Waals surface area contributed by atoms with E-state index in [-0.39, 0.29) is 5.78 Å². The normalized spacial score (nSPS) is 11.9. The zero-order valence-electron chi connectivity index (χ0n) is 13.4. The van der Waals surface area contributed by atoms with Gasteiger partial charge in [0.2, 0.25) is 5.78 Å². The van der Waals surface area contributed by atoms with Crippen LogP contribution in [0.15, 0.2) is 30.5 Å². The Morgan fingerprint density at radius 2 is 1.92 bits per heavy atom. The van der Waals surface area contributed by atoms with Crippen LogP contribution in [0.4, 0.5) is 0 Å². The highest BCUT2D eigenvalue weighted by atomic mass is 32.7. The molecule has 0 aliphatic heterocycles. The molecule has 1 aromatic carbocycles. The van der Waals surface area contributed by atoms with Crippen molar-refractivity contribution in [2.45, 2.75) is 6.42 Å². The molecule has 2 aromatic rings. The zero-order valence-corrected chi connectivity index (χ0v) is 15.1. The van der Waals surface area contributed by atoms with E-state index in [1.165, 1.54) is 0 Å². The Balaban J connectivity index is 1.58. The Bertz CT molecular complexity index is 716. The number of H-pyrrole nitrogens is 1. The number of aromatic amines is 1. The zero-order chi connectivity index (χ0) is 17.4. The predicted molar refractivity (Wildman–Crippen MR) is 95.1 cm³/mol. The highest BCUT2D eigenvalue weighted by Gasteiger charge is 2.14. The summed E-state index contributed by atoms with van der Waals surface area (Å²) in [5.74, 6) is 0.557. The van der Waals surface area contributed by atoms with E-state index < -0.39 is 6.80 Å². The molecule has 0 unspecified atom stereocenters. The van der Waals surface area contributed by atoms with E-state index in [0.29, 0.717) is 30.2 Å². The summed E-state index contributed by atoms with van der Waals surface area (Å²) in [4.78, 5) is 32.8. The van der Waals surface area contributed by atoms with E-state index in [1.54, 1.807) is 6.20 Å². The van der Waals surface area contributed by atoms with E-state index in [1.807, 2.05) is 34.9 Å². The molecule has 2 rings (SSSR count). The van der Waals surface area contributed by atoms with Gasteiger partial charge in [0.1, 0.15) is 6.54 Å². The van der Waals surface area contributed by atoms with E-state index in [4.69, 9.17) is 9.79 Å². The van der Waals surface area contributed by atoms with Crippen molar-refractivity contribution in [1.82, 2.24) is 4.98 Å². The van der Waals surface area contributed by atoms with E-state index >= 15 is 0 Å². The molecule has 1 aromatic heterocycles. The summed E-state index contributed by atoms with van der Waals surface area (Å²) in [6.07, 6.45) is 2.72. The first kappa shape index (κ1) is 19.2. The summed E-state index contributed by atoms with van der Waals surface area (Å²) in [6.45, 7) is -1.08. The van der Waals surface area contributed by atoms with Gasteiger partial charge in [-0.3, -0.25) is 4.79 Å². The third-order valence-electron chi connectivity index (χ3n) is 3.62. The first-order valence-corrected chi connectivity index (χ1v) is 11.1. The number of fused-ring (bicyclic) bond motifs is 1. The second kappa shape index (κ2) is 9.36. The number of carbonyl (C=O) groups excluding carboxylic acids is 1. The van der Waals surface area contributed by atoms with Crippen LogP contribution in [0.1, 0.15) is 16.8 Å². The topological polar surface area (TPSA) is 124 Å². The lowest BCUT2D eigenvalue weighted by atomic mass is 10.1. The predicted octanol–water partition coefficient (Wildman–Crippen LogP) is -0.307. The van der Waals surface area contributed by atoms with Crippen LogP contribution in [0.2, 0.25) is 0 Å². The minimum absolute atomic E-state index is 0.120. The Morgan fingerprint density at radius 1 is 1.17 bits per heavy atom. The summed E-state index contributed by atoms with van der Waals surface area (Å²) >= 11 is 0.685. The largest absolute Gasteiger partial charge is 0.384 e. The molecule has 0 atom stereocenters. The minimum atomic E-state index is -3.93. The van der Waals surface area contributed by atoms with Crippen LogP contribution in [-0.2, 0) is 4.57 Å². The maximum Gasteiger partial charge on any atom is 0.384 e. The van der Waals surface area contributed by atoms with Crippen molar-refractivity contribution in [3.63, 3.8) is 0 Å². The van der Waals surface area contributed by atoms with Gasteiger partial charge in [-0.05, 0) is 17.4 Å². The monoisotopic (exact) mass is 373 g/mol. The summed E-state index contributed by atoms with van der Waals surface area (Å²) in [5, 5.41) is 5.01. The number of benzene rings is 1. The second-order valence-corrected chi connectivity index (χ2v) is 9.35. The number of Topliss-reactive ketones (excluding diaryl/α,β-unsaturated/α-hetero) is 1. The number of ketones is 1. The highest BCUT2D eigenvalue weighted by Crippen LogP contribution is 2.49. The Morgan fingerprint density at radius 3 is 2.71 bits per heavy atom. The van der Waals surface area contributed by atoms with E-state index in [2.05, 4.69) is 4.98 Å². The maximum atomic E-state index is 12.3. The van der Waals surface area contributed by atoms with Crippen LogP contribution < -0.4 is 10.6 Å². The number of hydrogen-bond acceptors (Lipinski definition) is 3. The molecule has 0 amide bonds. The van der Waals surface area contributed by atoms with Gasteiger partial charge in [-0.15, -0.1) is 0 Å². The molecule has 9 heteroatoms. The lowest BCUT2D eigenvalue weighted by molar-refractivity contribution is -0.673. The van der Waals surface area contributed by atoms with Gasteiger partial charge in [-0.2, -0.15) is 0 Å². The van der Waals surface area contributed by atoms with Gasteiger partial charge in [0.05, 0.1) is 25.4 Å². The second-order valence-electron chi connectivity index (χ2n) is 5.50. The summed E-state index contributed by atoms with van der Waals surface area (Å²) in [6, 6.07) is 7.77. The molecule has 0 saturated carbocycles. The highest BCUT2D eigenvalue weighted by molar-refractivity contribution is 8.54. The van der Waals surface area contributed by atoms with Crippen molar-refractivity contribution < 1.29 is 29.8 Å². The van der Waals surface area contributed by atoms with Crippen LogP contribution in [-0.4, -0.2) is 52.5 Å². The van der Waals surface area contributed by atoms with Crippen LogP contribution in [0.5, 0.6) is 0 Å². The average molecular weight is 373 g/mol. The molecule has 7 N–H and O–H groups in total. The molecule has 0 bridgehead atoms. The van der Waals surface area contributed by atoms with Crippen molar-refractivity contribution in [2.24, 2.45) is 0 Å². The molecule has 0 aliphatic carbocycles. The quantitative estimate of drug-likeness (QED) is 0.210. The smallest absolute Gasteiger partial charge is 0.360 e. The van der Waals surface area contributed by atoms with Crippen molar-refractivity contribution in [3.8, 4) is 0 Å². The lowest BCUT2D eigenvalue weighted by Crippen LogP contribution is -2.89. The van der Waals surface area contributed by atoms with Crippen molar-refractivity contribution in [2.75, 3.05) is 31.9 Å². The molecule has 7 nitrogen and oxygen atoms in total. The van der Waals surface area contributed by atoms with E-state index in [9.17, 15) is 9.36 Å². The third kappa shape index (κ3) is 6.39. The van der Waals surface area contributed by atoms with Crippen molar-refractivity contribution >= 4 is 34.9 Å². The molecule has 1 heterocycles. The number of nitrogens with two attached hydrogens (primary N) is 2. The van der Waals surface area contributed by atoms with Crippen molar-refractivity contribution in [3.05, 3.63) is 36.0 Å². The molecule has 132 valence electrons. The number of carbonyl (C=O) groups is 1. The Hall–Kier alpha value is -1.15. The number of hydrogen-bond donors (Lipinski definition) is 5. The molecule has 0 spiro atoms. The molecular formula is C15H24N3O4PS+2. The average Bonchev–Trinajstić information content (AvgIpc) is 2.96. The minimum Gasteiger partial charge on any atom is -0.360 e. The number of para-hydroxylation sites is 1. The first-order chi connectivity index (χ1) is 11.5. The fourth-order valence-electron chi connectivity index (χ4n) is 2.45. The van der Waals surface area contributed by atoms with E-state index in [0.717, 1.165) is 36.0 Å². The SMILES string of the molecule is O=C(C[NH2+]CCC[NH2+]CCSP(=O)(O)O)c1c[nH]c2ccccc12. The molecule has 0 aliphatic rings. The number of rotatable bonds is 11. The fourth-order valence-corrected chi connectivity index (χ4v) is 3.99. The summed E-state index contributed by atoms with van der Waals surface area (Å²) < 4.78 is 10.7. The van der Waals surface area contributed by atoms with Crippen LogP contribution in [0, 0.1) is 0 Å². The Kier molecular flexibility index (Phi) is 7.48. The van der Waals surface area contributed by atoms with Gasteiger partial charge < -0.3 is 25.4 Å². The summed E-state index contributed by atoms with van der Waals surface area (Å²) in [7, 11) is 0. The number of aromatic nitrogens is 1. The third-order valence-corrected chi connectivity index (χ3v) is 5.93. The van der Waals surface area contributed by atoms with Gasteiger partial charge >= 0.3 is 6.80 Å². The Labute approximate surface area is 144 Å². The molecule has 0 radical (unpaired) electrons. The van der Waals surface area contributed by atoms with Crippen molar-refractivity contribution in [1.29, 1.82) is 0 Å². The summed E-state index contributed by atoms with van der Waals surface area (Å²) in [5.41, 5.74) is 1.71. The van der Waals surface area contributed by atoms with Crippen LogP contribution in [0.25, 0.3) is 10.9 Å². The van der Waals surface area contributed by atoms with Gasteiger partial charge in [-0.1, -0.05) is 18.2 Å². The molecule has 0 saturated heterocycles. The van der Waals surface area contributed by atoms with Gasteiger partial charge in [0.25, 0.3) is 0 Å². The standard InChI is InChI=1S/C15H22N3O4PS/c19-15(13-10-18-14-5-2-1-4-12(13)14)11-17-7-3-6-16-8-9-24-23(20,21)22/h1-2,4-5,10,16-18H,3,6-9,11H2,(H2,20,21,22)/p+2. The number of nitrogens with one attached hydrogen (secondary N) is 1. The van der Waals surface area contributed by atoms with Gasteiger partial charge in [-0.25, -0.2) is 4.57 Å².